The molecule has 0 radical (unpaired) electrons. The number of pyridine rings is 1. The van der Waals surface area contributed by atoms with Crippen molar-refractivity contribution in [3.63, 3.8) is 0 Å². The molecule has 0 aliphatic heterocycles. The number of hydrogen-bond donors (Lipinski definition) is 1. The van der Waals surface area contributed by atoms with E-state index >= 15 is 0 Å². The van der Waals surface area contributed by atoms with Crippen molar-refractivity contribution >= 4 is 34.7 Å². The number of rotatable bonds is 4. The smallest absolute Gasteiger partial charge is 0.151 e. The third-order valence-corrected chi connectivity index (χ3v) is 3.05. The summed E-state index contributed by atoms with van der Waals surface area (Å²) in [7, 11) is 3.92. The summed E-state index contributed by atoms with van der Waals surface area (Å²) in [6, 6.07) is 9.41. The van der Waals surface area contributed by atoms with E-state index in [-0.39, 0.29) is 0 Å². The van der Waals surface area contributed by atoms with Gasteiger partial charge in [0, 0.05) is 36.9 Å². The maximum atomic E-state index is 5.98. The van der Waals surface area contributed by atoms with Crippen molar-refractivity contribution in [3.05, 3.63) is 52.1 Å². The van der Waals surface area contributed by atoms with Gasteiger partial charge >= 0.3 is 0 Å². The van der Waals surface area contributed by atoms with Crippen molar-refractivity contribution in [1.29, 1.82) is 0 Å². The second-order valence-corrected chi connectivity index (χ2v) is 5.27. The summed E-state index contributed by atoms with van der Waals surface area (Å²) in [5.41, 5.74) is 2.01. The van der Waals surface area contributed by atoms with Gasteiger partial charge < -0.3 is 10.2 Å². The summed E-state index contributed by atoms with van der Waals surface area (Å²) >= 11 is 12.0. The van der Waals surface area contributed by atoms with Crippen LogP contribution < -0.4 is 10.2 Å². The summed E-state index contributed by atoms with van der Waals surface area (Å²) in [4.78, 5) is 6.30. The van der Waals surface area contributed by atoms with Crippen LogP contribution in [0.1, 0.15) is 5.56 Å². The van der Waals surface area contributed by atoms with Gasteiger partial charge in [-0.1, -0.05) is 23.2 Å². The minimum absolute atomic E-state index is 0.642. The molecule has 0 saturated heterocycles. The number of aromatic nitrogens is 1. The van der Waals surface area contributed by atoms with Crippen LogP contribution in [0.3, 0.4) is 0 Å². The Labute approximate surface area is 123 Å². The zero-order chi connectivity index (χ0) is 13.8. The highest BCUT2D eigenvalue weighted by Crippen LogP contribution is 2.23. The summed E-state index contributed by atoms with van der Waals surface area (Å²) < 4.78 is 0. The molecule has 0 saturated carbocycles. The first-order valence-electron chi connectivity index (χ1n) is 5.87. The van der Waals surface area contributed by atoms with Gasteiger partial charge in [-0.05, 0) is 35.9 Å². The van der Waals surface area contributed by atoms with Crippen LogP contribution in [-0.4, -0.2) is 19.1 Å². The van der Waals surface area contributed by atoms with Crippen LogP contribution in [0.4, 0.5) is 11.5 Å². The molecule has 0 atom stereocenters. The monoisotopic (exact) mass is 295 g/mol. The van der Waals surface area contributed by atoms with Crippen molar-refractivity contribution in [3.8, 4) is 0 Å². The van der Waals surface area contributed by atoms with Crippen LogP contribution in [0.15, 0.2) is 36.5 Å². The molecule has 2 rings (SSSR count). The Morgan fingerprint density at radius 1 is 1.16 bits per heavy atom. The number of benzene rings is 1. The zero-order valence-electron chi connectivity index (χ0n) is 10.8. The number of nitrogens with one attached hydrogen (secondary N) is 1. The van der Waals surface area contributed by atoms with Crippen LogP contribution in [0, 0.1) is 0 Å². The minimum atomic E-state index is 0.642. The van der Waals surface area contributed by atoms with E-state index in [1.54, 1.807) is 12.3 Å². The van der Waals surface area contributed by atoms with Gasteiger partial charge in [-0.15, -0.1) is 0 Å². The van der Waals surface area contributed by atoms with E-state index in [9.17, 15) is 0 Å². The lowest BCUT2D eigenvalue weighted by atomic mass is 10.2. The quantitative estimate of drug-likeness (QED) is 0.922. The van der Waals surface area contributed by atoms with E-state index in [1.165, 1.54) is 0 Å². The van der Waals surface area contributed by atoms with Crippen LogP contribution in [-0.2, 0) is 6.54 Å². The maximum absolute atomic E-state index is 5.98. The van der Waals surface area contributed by atoms with E-state index < -0.39 is 0 Å². The van der Waals surface area contributed by atoms with E-state index in [2.05, 4.69) is 10.3 Å². The molecule has 0 spiro atoms. The number of anilines is 2. The average molecular weight is 296 g/mol. The van der Waals surface area contributed by atoms with E-state index in [0.29, 0.717) is 16.6 Å². The first-order chi connectivity index (χ1) is 9.06. The van der Waals surface area contributed by atoms with Crippen molar-refractivity contribution in [1.82, 2.24) is 4.98 Å². The Kier molecular flexibility index (Phi) is 4.51. The SMILES string of the molecule is CN(C)c1ncccc1NCc1cc(Cl)cc(Cl)c1. The zero-order valence-corrected chi connectivity index (χ0v) is 12.3. The van der Waals surface area contributed by atoms with Crippen molar-refractivity contribution < 1.29 is 0 Å². The van der Waals surface area contributed by atoms with E-state index in [0.717, 1.165) is 17.1 Å². The molecule has 0 aliphatic carbocycles. The normalized spacial score (nSPS) is 10.3. The van der Waals surface area contributed by atoms with Crippen LogP contribution in [0.25, 0.3) is 0 Å². The van der Waals surface area contributed by atoms with E-state index in [4.69, 9.17) is 23.2 Å². The molecule has 19 heavy (non-hydrogen) atoms. The minimum Gasteiger partial charge on any atom is -0.378 e. The predicted molar refractivity (Wildman–Crippen MR) is 82.4 cm³/mol. The number of halogens is 2. The fourth-order valence-corrected chi connectivity index (χ4v) is 2.37. The average Bonchev–Trinajstić information content (AvgIpc) is 2.35. The lowest BCUT2D eigenvalue weighted by Gasteiger charge is -2.17. The van der Waals surface area contributed by atoms with Crippen LogP contribution >= 0.6 is 23.2 Å². The maximum Gasteiger partial charge on any atom is 0.151 e. The van der Waals surface area contributed by atoms with Crippen molar-refractivity contribution in [2.75, 3.05) is 24.3 Å². The molecular formula is C14H15Cl2N3. The van der Waals surface area contributed by atoms with E-state index in [1.807, 2.05) is 43.3 Å². The molecule has 0 amide bonds. The highest BCUT2D eigenvalue weighted by Gasteiger charge is 2.05. The lowest BCUT2D eigenvalue weighted by molar-refractivity contribution is 1.05. The fraction of sp³-hybridized carbons (Fsp3) is 0.214. The second-order valence-electron chi connectivity index (χ2n) is 4.40. The Balaban J connectivity index is 2.14. The predicted octanol–water partition coefficient (Wildman–Crippen LogP) is 4.07. The van der Waals surface area contributed by atoms with Crippen molar-refractivity contribution in [2.45, 2.75) is 6.54 Å². The van der Waals surface area contributed by atoms with Gasteiger partial charge in [0.1, 0.15) is 0 Å². The molecule has 1 heterocycles. The Bertz CT molecular complexity index is 550. The van der Waals surface area contributed by atoms with Gasteiger partial charge in [0.25, 0.3) is 0 Å². The summed E-state index contributed by atoms with van der Waals surface area (Å²) in [6.07, 6.45) is 1.77. The van der Waals surface area contributed by atoms with Gasteiger partial charge in [0.05, 0.1) is 5.69 Å². The highest BCUT2D eigenvalue weighted by atomic mass is 35.5. The summed E-state index contributed by atoms with van der Waals surface area (Å²) in [6.45, 7) is 0.646. The second kappa shape index (κ2) is 6.13. The fourth-order valence-electron chi connectivity index (χ4n) is 1.80. The summed E-state index contributed by atoms with van der Waals surface area (Å²) in [5, 5.41) is 4.63. The molecule has 1 aromatic heterocycles. The molecule has 1 N–H and O–H groups in total. The molecule has 0 fully saturated rings. The first kappa shape index (κ1) is 14.0. The van der Waals surface area contributed by atoms with Crippen molar-refractivity contribution in [2.24, 2.45) is 0 Å². The topological polar surface area (TPSA) is 28.2 Å². The largest absolute Gasteiger partial charge is 0.378 e. The molecular weight excluding hydrogens is 281 g/mol. The molecule has 1 aromatic carbocycles. The molecule has 0 aliphatic rings. The van der Waals surface area contributed by atoms with Gasteiger partial charge in [-0.3, -0.25) is 0 Å². The van der Waals surface area contributed by atoms with Gasteiger partial charge in [0.2, 0.25) is 0 Å². The molecule has 2 aromatic rings. The third-order valence-electron chi connectivity index (χ3n) is 2.62. The standard InChI is InChI=1S/C14H15Cl2N3/c1-19(2)14-13(4-3-5-17-14)18-9-10-6-11(15)8-12(16)7-10/h3-8,18H,9H2,1-2H3. The Hall–Kier alpha value is -1.45. The Morgan fingerprint density at radius 3 is 2.47 bits per heavy atom. The number of nitrogens with zero attached hydrogens (tertiary/aromatic N) is 2. The first-order valence-corrected chi connectivity index (χ1v) is 6.63. The number of hydrogen-bond acceptors (Lipinski definition) is 3. The molecule has 5 heteroatoms. The third kappa shape index (κ3) is 3.75. The summed E-state index contributed by atoms with van der Waals surface area (Å²) in [5.74, 6) is 0.899. The molecule has 0 bridgehead atoms. The van der Waals surface area contributed by atoms with Crippen LogP contribution in [0.5, 0.6) is 0 Å². The highest BCUT2D eigenvalue weighted by molar-refractivity contribution is 6.34. The molecule has 3 nitrogen and oxygen atoms in total. The Morgan fingerprint density at radius 2 is 1.84 bits per heavy atom. The van der Waals surface area contributed by atoms with Crippen LogP contribution in [0.2, 0.25) is 10.0 Å². The van der Waals surface area contributed by atoms with Gasteiger partial charge in [-0.2, -0.15) is 0 Å². The molecule has 0 unspecified atom stereocenters. The van der Waals surface area contributed by atoms with Gasteiger partial charge in [-0.25, -0.2) is 4.98 Å². The molecule has 100 valence electrons. The lowest BCUT2D eigenvalue weighted by Crippen LogP contribution is -2.13. The van der Waals surface area contributed by atoms with Gasteiger partial charge in [0.15, 0.2) is 5.82 Å².